The zero-order chi connectivity index (χ0) is 20.8. The molecule has 2 aromatic carbocycles. The van der Waals surface area contributed by atoms with Crippen molar-refractivity contribution in [1.29, 1.82) is 0 Å². The largest absolute Gasteiger partial charge is 0.865 e. The van der Waals surface area contributed by atoms with Gasteiger partial charge in [0.2, 0.25) is 5.16 Å². The smallest absolute Gasteiger partial charge is 0.266 e. The molecule has 1 aromatic heterocycles. The van der Waals surface area contributed by atoms with Crippen molar-refractivity contribution >= 4 is 23.7 Å². The number of aromatic nitrogens is 3. The van der Waals surface area contributed by atoms with Gasteiger partial charge < -0.3 is 9.84 Å². The van der Waals surface area contributed by atoms with Crippen LogP contribution in [0.3, 0.4) is 0 Å². The molecule has 3 rings (SSSR count). The maximum absolute atomic E-state index is 12.0. The van der Waals surface area contributed by atoms with Crippen LogP contribution in [0.1, 0.15) is 23.6 Å². The molecule has 0 aliphatic rings. The van der Waals surface area contributed by atoms with E-state index < -0.39 is 16.4 Å². The van der Waals surface area contributed by atoms with Crippen molar-refractivity contribution < 1.29 is 14.8 Å². The highest BCUT2D eigenvalue weighted by Gasteiger charge is 2.13. The summed E-state index contributed by atoms with van der Waals surface area (Å²) in [6, 6.07) is 10.8. The molecule has 9 nitrogen and oxygen atoms in total. The van der Waals surface area contributed by atoms with Gasteiger partial charge in [-0.25, -0.2) is 0 Å². The zero-order valence-electron chi connectivity index (χ0n) is 15.8. The van der Waals surface area contributed by atoms with Crippen molar-refractivity contribution in [2.75, 3.05) is 6.61 Å². The fraction of sp³-hybridized carbons (Fsp3) is 0.211. The molecular formula is C19H18N5O4S-. The second-order valence-corrected chi connectivity index (χ2v) is 6.98. The van der Waals surface area contributed by atoms with E-state index in [-0.39, 0.29) is 12.4 Å². The van der Waals surface area contributed by atoms with Gasteiger partial charge in [0.25, 0.3) is 5.69 Å². The van der Waals surface area contributed by atoms with E-state index in [1.54, 1.807) is 6.92 Å². The molecule has 150 valence electrons. The third kappa shape index (κ3) is 5.11. The fourth-order valence-electron chi connectivity index (χ4n) is 2.44. The van der Waals surface area contributed by atoms with Crippen LogP contribution in [0.2, 0.25) is 0 Å². The molecule has 3 aromatic rings. The number of aryl methyl sites for hydroxylation is 1. The minimum absolute atomic E-state index is 0.0825. The van der Waals surface area contributed by atoms with Gasteiger partial charge in [0.15, 0.2) is 0 Å². The van der Waals surface area contributed by atoms with Gasteiger partial charge in [-0.2, -0.15) is 9.78 Å². The highest BCUT2D eigenvalue weighted by molar-refractivity contribution is 7.98. The molecule has 29 heavy (non-hydrogen) atoms. The number of nitrogens with zero attached hydrogens (tertiary/aromatic N) is 5. The van der Waals surface area contributed by atoms with Gasteiger partial charge in [0, 0.05) is 23.1 Å². The molecule has 10 heteroatoms. The highest BCUT2D eigenvalue weighted by atomic mass is 32.2. The lowest BCUT2D eigenvalue weighted by molar-refractivity contribution is -0.398. The maximum atomic E-state index is 12.0. The standard InChI is InChI=1S/C19H19N5O4S/c1-3-28-17-9-15(8-16(18(17)25)24(26)27)10-21-23-12-20-22-19(23)29-11-14-6-4-13(2)5-7-14/h4-10,12,25H,3,11H2,1-2H3/p-1/b21-10-. The Bertz CT molecular complexity index is 1030. The molecule has 0 saturated carbocycles. The van der Waals surface area contributed by atoms with E-state index in [4.69, 9.17) is 4.74 Å². The topological polar surface area (TPSA) is 118 Å². The molecule has 0 fully saturated rings. The summed E-state index contributed by atoms with van der Waals surface area (Å²) in [6.07, 6.45) is 2.84. The molecule has 0 aliphatic heterocycles. The van der Waals surface area contributed by atoms with Crippen molar-refractivity contribution in [3.8, 4) is 11.5 Å². The average molecular weight is 412 g/mol. The molecule has 0 radical (unpaired) electrons. The fourth-order valence-corrected chi connectivity index (χ4v) is 3.26. The van der Waals surface area contributed by atoms with Gasteiger partial charge in [-0.3, -0.25) is 10.1 Å². The summed E-state index contributed by atoms with van der Waals surface area (Å²) in [4.78, 5) is 10.4. The van der Waals surface area contributed by atoms with E-state index in [0.717, 1.165) is 11.6 Å². The predicted octanol–water partition coefficient (Wildman–Crippen LogP) is 3.14. The van der Waals surface area contributed by atoms with Gasteiger partial charge in [-0.15, -0.1) is 10.2 Å². The Morgan fingerprint density at radius 1 is 1.31 bits per heavy atom. The summed E-state index contributed by atoms with van der Waals surface area (Å²) in [5, 5.41) is 35.9. The van der Waals surface area contributed by atoms with Gasteiger partial charge in [0.1, 0.15) is 12.1 Å². The summed E-state index contributed by atoms with van der Waals surface area (Å²) in [5.41, 5.74) is 2.14. The second-order valence-electron chi connectivity index (χ2n) is 6.03. The van der Waals surface area contributed by atoms with Gasteiger partial charge in [-0.05, 0) is 25.5 Å². The maximum Gasteiger partial charge on any atom is 0.266 e. The molecule has 0 unspecified atom stereocenters. The van der Waals surface area contributed by atoms with E-state index in [0.29, 0.717) is 16.5 Å². The first kappa shape index (κ1) is 20.3. The van der Waals surface area contributed by atoms with Crippen LogP contribution in [0.5, 0.6) is 11.5 Å². The zero-order valence-corrected chi connectivity index (χ0v) is 16.6. The van der Waals surface area contributed by atoms with Gasteiger partial charge in [-0.1, -0.05) is 41.6 Å². The van der Waals surface area contributed by atoms with Crippen LogP contribution in [0, 0.1) is 17.0 Å². The molecule has 0 amide bonds. The third-order valence-corrected chi connectivity index (χ3v) is 4.88. The minimum Gasteiger partial charge on any atom is -0.865 e. The van der Waals surface area contributed by atoms with Crippen LogP contribution in [0.25, 0.3) is 0 Å². The lowest BCUT2D eigenvalue weighted by Crippen LogP contribution is -2.04. The molecule has 0 atom stereocenters. The summed E-state index contributed by atoms with van der Waals surface area (Å²) < 4.78 is 6.68. The first-order valence-electron chi connectivity index (χ1n) is 8.73. The van der Waals surface area contributed by atoms with Gasteiger partial charge in [0.05, 0.1) is 17.7 Å². The molecule has 0 bridgehead atoms. The number of nitro benzene ring substituents is 1. The van der Waals surface area contributed by atoms with E-state index in [1.807, 2.05) is 31.2 Å². The lowest BCUT2D eigenvalue weighted by Gasteiger charge is -2.14. The average Bonchev–Trinajstić information content (AvgIpc) is 3.15. The van der Waals surface area contributed by atoms with E-state index in [1.165, 1.54) is 40.6 Å². The first-order chi connectivity index (χ1) is 14.0. The molecule has 0 saturated heterocycles. The van der Waals surface area contributed by atoms with Crippen LogP contribution < -0.4 is 9.84 Å². The van der Waals surface area contributed by atoms with Crippen LogP contribution >= 0.6 is 11.8 Å². The third-order valence-electron chi connectivity index (χ3n) is 3.87. The Morgan fingerprint density at radius 3 is 2.76 bits per heavy atom. The lowest BCUT2D eigenvalue weighted by atomic mass is 10.2. The summed E-state index contributed by atoms with van der Waals surface area (Å²) in [6.45, 7) is 3.95. The van der Waals surface area contributed by atoms with Crippen LogP contribution in [0.4, 0.5) is 5.69 Å². The summed E-state index contributed by atoms with van der Waals surface area (Å²) in [5.74, 6) is -0.146. The molecule has 0 spiro atoms. The van der Waals surface area contributed by atoms with Gasteiger partial charge >= 0.3 is 0 Å². The van der Waals surface area contributed by atoms with E-state index in [9.17, 15) is 15.2 Å². The van der Waals surface area contributed by atoms with Crippen molar-refractivity contribution in [1.82, 2.24) is 14.9 Å². The van der Waals surface area contributed by atoms with Crippen molar-refractivity contribution in [2.24, 2.45) is 5.10 Å². The molecule has 0 N–H and O–H groups in total. The number of ether oxygens (including phenoxy) is 1. The van der Waals surface area contributed by atoms with Crippen LogP contribution in [0.15, 0.2) is 53.0 Å². The predicted molar refractivity (Wildman–Crippen MR) is 107 cm³/mol. The first-order valence-corrected chi connectivity index (χ1v) is 9.71. The number of benzene rings is 2. The molecule has 0 aliphatic carbocycles. The second kappa shape index (κ2) is 9.20. The Morgan fingerprint density at radius 2 is 2.07 bits per heavy atom. The van der Waals surface area contributed by atoms with Crippen molar-refractivity contribution in [3.63, 3.8) is 0 Å². The van der Waals surface area contributed by atoms with E-state index >= 15 is 0 Å². The Kier molecular flexibility index (Phi) is 6.45. The number of nitro groups is 1. The Labute approximate surface area is 171 Å². The summed E-state index contributed by atoms with van der Waals surface area (Å²) in [7, 11) is 0. The number of rotatable bonds is 8. The highest BCUT2D eigenvalue weighted by Crippen LogP contribution is 2.34. The number of hydrogen-bond acceptors (Lipinski definition) is 8. The molecule has 1 heterocycles. The number of hydrogen-bond donors (Lipinski definition) is 0. The van der Waals surface area contributed by atoms with Crippen molar-refractivity contribution in [2.45, 2.75) is 24.8 Å². The Hall–Kier alpha value is -3.40. The SMILES string of the molecule is CCOc1cc(/C=N\n2cnnc2SCc2ccc(C)cc2)cc([N+](=O)[O-])c1[O-]. The Balaban J connectivity index is 1.79. The monoisotopic (exact) mass is 412 g/mol. The molecular weight excluding hydrogens is 394 g/mol. The van der Waals surface area contributed by atoms with Crippen molar-refractivity contribution in [3.05, 3.63) is 69.5 Å². The number of thioether (sulfide) groups is 1. The normalized spacial score (nSPS) is 11.1. The summed E-state index contributed by atoms with van der Waals surface area (Å²) >= 11 is 1.46. The quantitative estimate of drug-likeness (QED) is 0.241. The minimum atomic E-state index is -0.757. The van der Waals surface area contributed by atoms with Crippen LogP contribution in [-0.4, -0.2) is 32.6 Å². The van der Waals surface area contributed by atoms with Crippen LogP contribution in [-0.2, 0) is 5.75 Å². The van der Waals surface area contributed by atoms with E-state index in [2.05, 4.69) is 15.3 Å².